The van der Waals surface area contributed by atoms with Crippen molar-refractivity contribution in [3.63, 3.8) is 0 Å². The van der Waals surface area contributed by atoms with Crippen molar-refractivity contribution in [3.05, 3.63) is 29.8 Å². The minimum atomic E-state index is -0.675. The lowest BCUT2D eigenvalue weighted by Gasteiger charge is -2.50. The number of piperidine rings is 2. The molecule has 3 saturated heterocycles. The van der Waals surface area contributed by atoms with Crippen LogP contribution in [-0.2, 0) is 16.0 Å². The van der Waals surface area contributed by atoms with E-state index in [2.05, 4.69) is 21.9 Å². The molecule has 1 N–H and O–H groups in total. The van der Waals surface area contributed by atoms with Gasteiger partial charge >= 0.3 is 12.1 Å². The van der Waals surface area contributed by atoms with Gasteiger partial charge in [0.1, 0.15) is 11.4 Å². The lowest BCUT2D eigenvalue weighted by molar-refractivity contribution is -0.138. The van der Waals surface area contributed by atoms with E-state index >= 15 is 0 Å². The molecular formula is C30H47N3O5. The number of likely N-dealkylation sites (tertiary alicyclic amines) is 1. The van der Waals surface area contributed by atoms with E-state index in [4.69, 9.17) is 9.47 Å². The highest BCUT2D eigenvalue weighted by Crippen LogP contribution is 2.32. The minimum Gasteiger partial charge on any atom is -0.497 e. The number of fused-ring (bicyclic) bond motifs is 1. The number of carbonyl (C=O) groups is 2. The molecule has 1 amide bonds. The van der Waals surface area contributed by atoms with Crippen LogP contribution in [0.1, 0.15) is 64.9 Å². The van der Waals surface area contributed by atoms with Crippen LogP contribution in [0.15, 0.2) is 24.3 Å². The highest BCUT2D eigenvalue weighted by molar-refractivity contribution is 5.68. The summed E-state index contributed by atoms with van der Waals surface area (Å²) in [5.41, 5.74) is 0.864. The number of hydrogen-bond donors (Lipinski definition) is 1. The quantitative estimate of drug-likeness (QED) is 0.530. The summed E-state index contributed by atoms with van der Waals surface area (Å²) in [5, 5.41) is 9.33. The molecule has 0 bridgehead atoms. The molecule has 3 fully saturated rings. The van der Waals surface area contributed by atoms with Gasteiger partial charge in [-0.25, -0.2) is 4.79 Å². The minimum absolute atomic E-state index is 0.195. The third-order valence-electron chi connectivity index (χ3n) is 8.54. The van der Waals surface area contributed by atoms with Gasteiger partial charge in [0.15, 0.2) is 0 Å². The van der Waals surface area contributed by atoms with Crippen LogP contribution in [0, 0.1) is 11.8 Å². The SMILES string of the molecule is COc1ccc(C[C@H]2CN3CCC(CC(=O)O)C[C@@H]3CN2CCC2CCN(C(=O)OC(C)(C)C)CC2)cc1. The van der Waals surface area contributed by atoms with E-state index in [1.807, 2.05) is 37.8 Å². The number of amides is 1. The first-order chi connectivity index (χ1) is 18.1. The zero-order valence-corrected chi connectivity index (χ0v) is 23.7. The van der Waals surface area contributed by atoms with Crippen molar-refractivity contribution >= 4 is 12.1 Å². The molecule has 38 heavy (non-hydrogen) atoms. The molecule has 8 heteroatoms. The van der Waals surface area contributed by atoms with Gasteiger partial charge in [-0.05, 0) is 102 Å². The molecular weight excluding hydrogens is 482 g/mol. The fourth-order valence-corrected chi connectivity index (χ4v) is 6.43. The summed E-state index contributed by atoms with van der Waals surface area (Å²) in [4.78, 5) is 30.9. The fraction of sp³-hybridized carbons (Fsp3) is 0.733. The Bertz CT molecular complexity index is 923. The molecule has 0 aliphatic carbocycles. The van der Waals surface area contributed by atoms with E-state index < -0.39 is 11.6 Å². The second kappa shape index (κ2) is 12.7. The molecule has 4 rings (SSSR count). The van der Waals surface area contributed by atoms with E-state index in [9.17, 15) is 14.7 Å². The lowest BCUT2D eigenvalue weighted by Crippen LogP contribution is -2.61. The first-order valence-electron chi connectivity index (χ1n) is 14.4. The average molecular weight is 530 g/mol. The van der Waals surface area contributed by atoms with Crippen molar-refractivity contribution in [2.24, 2.45) is 11.8 Å². The van der Waals surface area contributed by atoms with Crippen LogP contribution in [0.5, 0.6) is 5.75 Å². The van der Waals surface area contributed by atoms with Crippen LogP contribution in [0.3, 0.4) is 0 Å². The van der Waals surface area contributed by atoms with Crippen LogP contribution in [0.25, 0.3) is 0 Å². The summed E-state index contributed by atoms with van der Waals surface area (Å²) in [6, 6.07) is 9.32. The van der Waals surface area contributed by atoms with Crippen LogP contribution in [-0.4, -0.2) is 95.9 Å². The van der Waals surface area contributed by atoms with Crippen molar-refractivity contribution < 1.29 is 24.2 Å². The Labute approximate surface area is 228 Å². The number of piperazine rings is 1. The molecule has 1 unspecified atom stereocenters. The number of rotatable bonds is 8. The maximum Gasteiger partial charge on any atom is 0.410 e. The van der Waals surface area contributed by atoms with E-state index in [0.29, 0.717) is 18.0 Å². The van der Waals surface area contributed by atoms with Crippen molar-refractivity contribution in [2.45, 2.75) is 83.4 Å². The predicted molar refractivity (Wildman–Crippen MR) is 148 cm³/mol. The lowest BCUT2D eigenvalue weighted by atomic mass is 9.85. The number of nitrogens with zero attached hydrogens (tertiary/aromatic N) is 3. The monoisotopic (exact) mass is 529 g/mol. The number of carboxylic acids is 1. The van der Waals surface area contributed by atoms with Crippen molar-refractivity contribution in [2.75, 3.05) is 46.4 Å². The first-order valence-corrected chi connectivity index (χ1v) is 14.4. The molecule has 212 valence electrons. The van der Waals surface area contributed by atoms with Gasteiger partial charge in [-0.2, -0.15) is 0 Å². The van der Waals surface area contributed by atoms with Crippen molar-refractivity contribution in [3.8, 4) is 5.75 Å². The largest absolute Gasteiger partial charge is 0.497 e. The van der Waals surface area contributed by atoms with Gasteiger partial charge in [0.05, 0.1) is 7.11 Å². The number of methoxy groups -OCH3 is 1. The average Bonchev–Trinajstić information content (AvgIpc) is 2.87. The maximum atomic E-state index is 12.5. The summed E-state index contributed by atoms with van der Waals surface area (Å²) >= 11 is 0. The van der Waals surface area contributed by atoms with Crippen LogP contribution < -0.4 is 4.74 Å². The highest BCUT2D eigenvalue weighted by atomic mass is 16.6. The number of benzene rings is 1. The molecule has 0 aromatic heterocycles. The van der Waals surface area contributed by atoms with Gasteiger partial charge in [0, 0.05) is 44.7 Å². The number of carbonyl (C=O) groups excluding carboxylic acids is 1. The Hall–Kier alpha value is -2.32. The smallest absolute Gasteiger partial charge is 0.410 e. The molecule has 0 saturated carbocycles. The van der Waals surface area contributed by atoms with E-state index in [1.165, 1.54) is 5.56 Å². The molecule has 3 heterocycles. The van der Waals surface area contributed by atoms with Crippen LogP contribution >= 0.6 is 0 Å². The van der Waals surface area contributed by atoms with Crippen LogP contribution in [0.4, 0.5) is 4.79 Å². The summed E-state index contributed by atoms with van der Waals surface area (Å²) in [5.74, 6) is 1.10. The van der Waals surface area contributed by atoms with Gasteiger partial charge in [-0.1, -0.05) is 12.1 Å². The highest BCUT2D eigenvalue weighted by Gasteiger charge is 2.38. The number of carboxylic acid groups (broad SMARTS) is 1. The molecule has 1 aromatic carbocycles. The molecule has 0 radical (unpaired) electrons. The Morgan fingerprint density at radius 3 is 2.32 bits per heavy atom. The second-order valence-electron chi connectivity index (χ2n) is 12.5. The number of aliphatic carboxylic acids is 1. The number of ether oxygens (including phenoxy) is 2. The Kier molecular flexibility index (Phi) is 9.58. The normalized spacial score (nSPS) is 25.6. The summed E-state index contributed by atoms with van der Waals surface area (Å²) in [7, 11) is 1.70. The van der Waals surface area contributed by atoms with Gasteiger partial charge in [-0.15, -0.1) is 0 Å². The maximum absolute atomic E-state index is 12.5. The molecule has 8 nitrogen and oxygen atoms in total. The van der Waals surface area contributed by atoms with E-state index in [0.717, 1.165) is 83.5 Å². The zero-order valence-electron chi connectivity index (χ0n) is 23.7. The molecule has 1 aromatic rings. The first kappa shape index (κ1) is 28.7. The summed E-state index contributed by atoms with van der Waals surface area (Å²) < 4.78 is 10.9. The molecule has 0 spiro atoms. The predicted octanol–water partition coefficient (Wildman–Crippen LogP) is 4.51. The van der Waals surface area contributed by atoms with Gasteiger partial charge in [0.2, 0.25) is 0 Å². The Morgan fingerprint density at radius 1 is 1.00 bits per heavy atom. The molecule has 3 atom stereocenters. The fourth-order valence-electron chi connectivity index (χ4n) is 6.43. The Balaban J connectivity index is 1.35. The van der Waals surface area contributed by atoms with Gasteiger partial charge < -0.3 is 19.5 Å². The van der Waals surface area contributed by atoms with Crippen LogP contribution in [0.2, 0.25) is 0 Å². The third-order valence-corrected chi connectivity index (χ3v) is 8.54. The molecule has 3 aliphatic heterocycles. The zero-order chi connectivity index (χ0) is 27.3. The Morgan fingerprint density at radius 2 is 1.68 bits per heavy atom. The van der Waals surface area contributed by atoms with Gasteiger partial charge in [-0.3, -0.25) is 14.6 Å². The summed E-state index contributed by atoms with van der Waals surface area (Å²) in [6.07, 6.45) is 6.23. The standard InChI is InChI=1S/C30H47N3O5/c1-30(2,3)38-29(36)31-13-9-22(10-14-31)11-15-32-21-26-18-24(19-28(34)35)12-16-33(26)20-25(32)17-23-5-7-27(37-4)8-6-23/h5-8,22,24-26H,9-21H2,1-4H3,(H,34,35)/t24?,25-,26+/m0/s1. The van der Waals surface area contributed by atoms with Gasteiger partial charge in [0.25, 0.3) is 0 Å². The van der Waals surface area contributed by atoms with E-state index in [1.54, 1.807) is 7.11 Å². The summed E-state index contributed by atoms with van der Waals surface area (Å²) in [6.45, 7) is 11.4. The topological polar surface area (TPSA) is 82.5 Å². The number of hydrogen-bond acceptors (Lipinski definition) is 6. The third kappa shape index (κ3) is 8.09. The second-order valence-corrected chi connectivity index (χ2v) is 12.5. The van der Waals surface area contributed by atoms with Crippen molar-refractivity contribution in [1.82, 2.24) is 14.7 Å². The molecule has 3 aliphatic rings. The van der Waals surface area contributed by atoms with Crippen molar-refractivity contribution in [1.29, 1.82) is 0 Å². The van der Waals surface area contributed by atoms with E-state index in [-0.39, 0.29) is 18.4 Å².